The highest BCUT2D eigenvalue weighted by Crippen LogP contribution is 2.42. The number of ketones is 1. The van der Waals surface area contributed by atoms with Gasteiger partial charge in [-0.15, -0.1) is 0 Å². The maximum Gasteiger partial charge on any atom is 0.295 e. The number of carbonyl (C=O) groups is 2. The van der Waals surface area contributed by atoms with Crippen molar-refractivity contribution in [2.75, 3.05) is 52.6 Å². The number of morpholine rings is 1. The highest BCUT2D eigenvalue weighted by Gasteiger charge is 2.46. The minimum Gasteiger partial charge on any atom is -0.507 e. The highest BCUT2D eigenvalue weighted by molar-refractivity contribution is 6.46. The van der Waals surface area contributed by atoms with E-state index in [9.17, 15) is 14.7 Å². The van der Waals surface area contributed by atoms with Gasteiger partial charge in [0, 0.05) is 31.7 Å². The Morgan fingerprint density at radius 2 is 1.76 bits per heavy atom. The largest absolute Gasteiger partial charge is 0.507 e. The van der Waals surface area contributed by atoms with Gasteiger partial charge in [-0.05, 0) is 37.5 Å². The van der Waals surface area contributed by atoms with Crippen LogP contribution >= 0.6 is 0 Å². The van der Waals surface area contributed by atoms with Crippen molar-refractivity contribution in [1.29, 1.82) is 0 Å². The van der Waals surface area contributed by atoms with Gasteiger partial charge in [0.2, 0.25) is 0 Å². The van der Waals surface area contributed by atoms with E-state index >= 15 is 0 Å². The van der Waals surface area contributed by atoms with E-state index in [1.54, 1.807) is 29.2 Å². The number of hydrogen-bond acceptors (Lipinski definition) is 7. The molecule has 2 aliphatic heterocycles. The van der Waals surface area contributed by atoms with E-state index in [0.717, 1.165) is 26.1 Å². The predicted molar refractivity (Wildman–Crippen MR) is 141 cm³/mol. The minimum atomic E-state index is -0.732. The van der Waals surface area contributed by atoms with Crippen LogP contribution in [0.2, 0.25) is 0 Å². The first kappa shape index (κ1) is 26.7. The van der Waals surface area contributed by atoms with Crippen molar-refractivity contribution in [2.45, 2.75) is 32.7 Å². The number of benzene rings is 2. The third-order valence-electron chi connectivity index (χ3n) is 6.61. The molecule has 0 radical (unpaired) electrons. The molecule has 0 aliphatic carbocycles. The number of hydrogen-bond donors (Lipinski definition) is 1. The first-order valence-electron chi connectivity index (χ1n) is 13.1. The van der Waals surface area contributed by atoms with Crippen molar-refractivity contribution in [3.63, 3.8) is 0 Å². The van der Waals surface area contributed by atoms with Crippen molar-refractivity contribution in [3.05, 3.63) is 65.2 Å². The first-order chi connectivity index (χ1) is 18.0. The lowest BCUT2D eigenvalue weighted by Crippen LogP contribution is -2.39. The summed E-state index contributed by atoms with van der Waals surface area (Å²) in [5.41, 5.74) is 1.27. The number of amides is 1. The van der Waals surface area contributed by atoms with Crippen LogP contribution in [0.1, 0.15) is 43.9 Å². The molecule has 2 saturated heterocycles. The Balaban J connectivity index is 1.71. The van der Waals surface area contributed by atoms with Gasteiger partial charge in [0.05, 0.1) is 38.0 Å². The van der Waals surface area contributed by atoms with Crippen LogP contribution in [0.4, 0.5) is 0 Å². The number of aliphatic hydroxyl groups excluding tert-OH is 1. The van der Waals surface area contributed by atoms with Crippen LogP contribution in [-0.2, 0) is 14.3 Å². The van der Waals surface area contributed by atoms with Crippen LogP contribution in [0.25, 0.3) is 5.76 Å². The average molecular weight is 509 g/mol. The van der Waals surface area contributed by atoms with Crippen LogP contribution in [0.3, 0.4) is 0 Å². The molecule has 1 N–H and O–H groups in total. The number of carbonyl (C=O) groups excluding carboxylic acids is 2. The van der Waals surface area contributed by atoms with E-state index in [0.29, 0.717) is 62.0 Å². The van der Waals surface area contributed by atoms with Gasteiger partial charge in [-0.3, -0.25) is 14.5 Å². The second kappa shape index (κ2) is 12.7. The van der Waals surface area contributed by atoms with Gasteiger partial charge in [-0.25, -0.2) is 0 Å². The van der Waals surface area contributed by atoms with E-state index < -0.39 is 17.7 Å². The number of rotatable bonds is 11. The molecule has 8 nitrogen and oxygen atoms in total. The molecule has 0 saturated carbocycles. The Hall–Kier alpha value is -3.36. The fraction of sp³-hybridized carbons (Fsp3) is 0.448. The van der Waals surface area contributed by atoms with Crippen molar-refractivity contribution in [1.82, 2.24) is 9.80 Å². The van der Waals surface area contributed by atoms with Gasteiger partial charge in [0.15, 0.2) is 11.5 Å². The number of likely N-dealkylation sites (tertiary alicyclic amines) is 1. The summed E-state index contributed by atoms with van der Waals surface area (Å²) < 4.78 is 17.1. The van der Waals surface area contributed by atoms with Crippen LogP contribution in [0.5, 0.6) is 11.5 Å². The molecule has 8 heteroatoms. The smallest absolute Gasteiger partial charge is 0.295 e. The summed E-state index contributed by atoms with van der Waals surface area (Å²) in [7, 11) is 0. The Kier molecular flexibility index (Phi) is 9.19. The van der Waals surface area contributed by atoms with Crippen molar-refractivity contribution < 1.29 is 28.9 Å². The molecule has 0 bridgehead atoms. The molecule has 198 valence electrons. The SMILES string of the molecule is CCCOc1ccc(C2C(=C(O)c3ccccc3)C(=O)C(=O)N2CCCN2CCOCC2)cc1OCC. The Morgan fingerprint density at radius 3 is 2.46 bits per heavy atom. The van der Waals surface area contributed by atoms with Gasteiger partial charge < -0.3 is 24.2 Å². The fourth-order valence-electron chi connectivity index (χ4n) is 4.79. The topological polar surface area (TPSA) is 88.5 Å². The van der Waals surface area contributed by atoms with Crippen LogP contribution in [0, 0.1) is 0 Å². The standard InChI is InChI=1S/C29H36N2O6/c1-3-17-37-23-12-11-22(20-24(23)36-4-2)26-25(27(32)21-9-6-5-7-10-21)28(33)29(34)31(26)14-8-13-30-15-18-35-19-16-30/h5-7,9-12,20,26,32H,3-4,8,13-19H2,1-2H3. The molecule has 4 rings (SSSR count). The Morgan fingerprint density at radius 1 is 1.00 bits per heavy atom. The third kappa shape index (κ3) is 6.14. The number of ether oxygens (including phenoxy) is 3. The van der Waals surface area contributed by atoms with Crippen LogP contribution in [0.15, 0.2) is 54.1 Å². The zero-order chi connectivity index (χ0) is 26.2. The summed E-state index contributed by atoms with van der Waals surface area (Å²) >= 11 is 0. The molecule has 0 aromatic heterocycles. The number of nitrogens with zero attached hydrogens (tertiary/aromatic N) is 2. The van der Waals surface area contributed by atoms with Gasteiger partial charge in [0.1, 0.15) is 5.76 Å². The minimum absolute atomic E-state index is 0.0900. The maximum atomic E-state index is 13.3. The van der Waals surface area contributed by atoms with Gasteiger partial charge >= 0.3 is 0 Å². The average Bonchev–Trinajstić information content (AvgIpc) is 3.18. The molecule has 37 heavy (non-hydrogen) atoms. The second-order valence-electron chi connectivity index (χ2n) is 9.15. The number of Topliss-reactive ketones (excluding diaryl/α,β-unsaturated/α-hetero) is 1. The molecule has 1 unspecified atom stereocenters. The molecule has 2 fully saturated rings. The zero-order valence-electron chi connectivity index (χ0n) is 21.7. The molecule has 2 aromatic carbocycles. The lowest BCUT2D eigenvalue weighted by atomic mass is 9.95. The quantitative estimate of drug-likeness (QED) is 0.279. The van der Waals surface area contributed by atoms with Crippen LogP contribution in [-0.4, -0.2) is 79.2 Å². The van der Waals surface area contributed by atoms with E-state index in [4.69, 9.17) is 14.2 Å². The van der Waals surface area contributed by atoms with E-state index in [1.165, 1.54) is 0 Å². The second-order valence-corrected chi connectivity index (χ2v) is 9.15. The van der Waals surface area contributed by atoms with E-state index in [-0.39, 0.29) is 11.3 Å². The monoisotopic (exact) mass is 508 g/mol. The van der Waals surface area contributed by atoms with Crippen molar-refractivity contribution >= 4 is 17.4 Å². The Bertz CT molecular complexity index is 1110. The summed E-state index contributed by atoms with van der Waals surface area (Å²) in [5, 5.41) is 11.2. The molecule has 0 spiro atoms. The maximum absolute atomic E-state index is 13.3. The zero-order valence-corrected chi connectivity index (χ0v) is 21.7. The van der Waals surface area contributed by atoms with Gasteiger partial charge in [0.25, 0.3) is 11.7 Å². The summed E-state index contributed by atoms with van der Waals surface area (Å²) in [6, 6.07) is 13.6. The fourth-order valence-corrected chi connectivity index (χ4v) is 4.79. The lowest BCUT2D eigenvalue weighted by molar-refractivity contribution is -0.140. The molecule has 2 aromatic rings. The molecule has 1 amide bonds. The molecular weight excluding hydrogens is 472 g/mol. The normalized spacial score (nSPS) is 19.8. The Labute approximate surface area is 218 Å². The van der Waals surface area contributed by atoms with Crippen molar-refractivity contribution in [2.24, 2.45) is 0 Å². The summed E-state index contributed by atoms with van der Waals surface area (Å²) in [5.74, 6) is -0.300. The number of aliphatic hydroxyl groups is 1. The predicted octanol–water partition coefficient (Wildman–Crippen LogP) is 4.02. The van der Waals surface area contributed by atoms with E-state index in [2.05, 4.69) is 4.90 Å². The molecule has 2 aliphatic rings. The third-order valence-corrected chi connectivity index (χ3v) is 6.61. The van der Waals surface area contributed by atoms with Crippen molar-refractivity contribution in [3.8, 4) is 11.5 Å². The lowest BCUT2D eigenvalue weighted by Gasteiger charge is -2.29. The molecule has 1 atom stereocenters. The van der Waals surface area contributed by atoms with Crippen LogP contribution < -0.4 is 9.47 Å². The van der Waals surface area contributed by atoms with Gasteiger partial charge in [-0.2, -0.15) is 0 Å². The summed E-state index contributed by atoms with van der Waals surface area (Å²) in [6.45, 7) is 9.21. The summed E-state index contributed by atoms with van der Waals surface area (Å²) in [4.78, 5) is 30.5. The first-order valence-corrected chi connectivity index (χ1v) is 13.1. The highest BCUT2D eigenvalue weighted by atomic mass is 16.5. The summed E-state index contributed by atoms with van der Waals surface area (Å²) in [6.07, 6.45) is 1.55. The molecule has 2 heterocycles. The molecular formula is C29H36N2O6. The van der Waals surface area contributed by atoms with Gasteiger partial charge in [-0.1, -0.05) is 43.3 Å². The van der Waals surface area contributed by atoms with E-state index in [1.807, 2.05) is 38.1 Å².